The summed E-state index contributed by atoms with van der Waals surface area (Å²) >= 11 is 0. The highest BCUT2D eigenvalue weighted by atomic mass is 16.2. The van der Waals surface area contributed by atoms with Gasteiger partial charge in [-0.05, 0) is 40.2 Å². The van der Waals surface area contributed by atoms with Crippen molar-refractivity contribution in [1.82, 2.24) is 20.0 Å². The van der Waals surface area contributed by atoms with Crippen LogP contribution in [0.15, 0.2) is 0 Å². The Kier molecular flexibility index (Phi) is 6.91. The first-order valence-electron chi connectivity index (χ1n) is 10.2. The lowest BCUT2D eigenvalue weighted by Gasteiger charge is -2.49. The number of hydrogen-bond acceptors (Lipinski definition) is 4. The van der Waals surface area contributed by atoms with Gasteiger partial charge in [-0.2, -0.15) is 0 Å². The lowest BCUT2D eigenvalue weighted by molar-refractivity contribution is -0.127. The van der Waals surface area contributed by atoms with Gasteiger partial charge < -0.3 is 10.2 Å². The van der Waals surface area contributed by atoms with Crippen LogP contribution >= 0.6 is 0 Å². The maximum absolute atomic E-state index is 12.5. The van der Waals surface area contributed by atoms with E-state index in [9.17, 15) is 4.79 Å². The third-order valence-electron chi connectivity index (χ3n) is 6.02. The van der Waals surface area contributed by atoms with Crippen molar-refractivity contribution in [2.75, 3.05) is 52.4 Å². The van der Waals surface area contributed by atoms with E-state index in [1.54, 1.807) is 0 Å². The zero-order valence-corrected chi connectivity index (χ0v) is 17.4. The second-order valence-corrected chi connectivity index (χ2v) is 9.29. The predicted molar refractivity (Wildman–Crippen MR) is 105 cm³/mol. The highest BCUT2D eigenvalue weighted by Crippen LogP contribution is 2.28. The van der Waals surface area contributed by atoms with Gasteiger partial charge in [0.2, 0.25) is 5.91 Å². The smallest absolute Gasteiger partial charge is 0.223 e. The fourth-order valence-corrected chi connectivity index (χ4v) is 4.03. The van der Waals surface area contributed by atoms with Crippen LogP contribution in [0.4, 0.5) is 0 Å². The molecule has 2 aliphatic rings. The summed E-state index contributed by atoms with van der Waals surface area (Å²) in [6.45, 7) is 21.9. The lowest BCUT2D eigenvalue weighted by atomic mass is 9.84. The Bertz CT molecular complexity index is 427. The number of piperidine rings is 1. The molecule has 0 aliphatic carbocycles. The van der Waals surface area contributed by atoms with Gasteiger partial charge >= 0.3 is 0 Å². The van der Waals surface area contributed by atoms with Crippen molar-refractivity contribution in [1.29, 1.82) is 0 Å². The molecular weight excluding hydrogens is 312 g/mol. The van der Waals surface area contributed by atoms with Gasteiger partial charge in [-0.15, -0.1) is 0 Å². The fourth-order valence-electron chi connectivity index (χ4n) is 4.03. The maximum atomic E-state index is 12.5. The van der Waals surface area contributed by atoms with Crippen molar-refractivity contribution in [2.45, 2.75) is 65.5 Å². The molecule has 0 unspecified atom stereocenters. The summed E-state index contributed by atoms with van der Waals surface area (Å²) in [5.41, 5.74) is 0.151. The topological polar surface area (TPSA) is 38.8 Å². The minimum absolute atomic E-state index is 0.0504. The first kappa shape index (κ1) is 20.7. The molecular formula is C20H40N4O. The Hall–Kier alpha value is -0.650. The van der Waals surface area contributed by atoms with Crippen molar-refractivity contribution in [3.8, 4) is 0 Å². The fraction of sp³-hybridized carbons (Fsp3) is 0.950. The Morgan fingerprint density at radius 3 is 1.96 bits per heavy atom. The van der Waals surface area contributed by atoms with Gasteiger partial charge in [0.25, 0.3) is 0 Å². The molecule has 0 aromatic heterocycles. The second-order valence-electron chi connectivity index (χ2n) is 9.29. The van der Waals surface area contributed by atoms with Crippen molar-refractivity contribution < 1.29 is 4.79 Å². The lowest BCUT2D eigenvalue weighted by Crippen LogP contribution is -2.64. The van der Waals surface area contributed by atoms with Crippen LogP contribution in [0, 0.1) is 5.92 Å². The largest absolute Gasteiger partial charge is 0.349 e. The molecule has 5 nitrogen and oxygen atoms in total. The molecule has 1 amide bonds. The van der Waals surface area contributed by atoms with Crippen molar-refractivity contribution >= 4 is 5.91 Å². The third kappa shape index (κ3) is 5.66. The van der Waals surface area contributed by atoms with E-state index in [2.05, 4.69) is 47.7 Å². The number of nitrogens with zero attached hydrogens (tertiary/aromatic N) is 3. The zero-order valence-electron chi connectivity index (χ0n) is 17.4. The molecule has 25 heavy (non-hydrogen) atoms. The average Bonchev–Trinajstić information content (AvgIpc) is 2.55. The summed E-state index contributed by atoms with van der Waals surface area (Å²) in [7, 11) is 0. The van der Waals surface area contributed by atoms with Crippen molar-refractivity contribution in [3.63, 3.8) is 0 Å². The molecule has 5 heteroatoms. The molecule has 2 heterocycles. The van der Waals surface area contributed by atoms with Gasteiger partial charge in [0, 0.05) is 57.3 Å². The van der Waals surface area contributed by atoms with E-state index in [-0.39, 0.29) is 22.9 Å². The number of amides is 1. The number of carbonyl (C=O) groups excluding carboxylic acids is 1. The Balaban J connectivity index is 2.02. The molecule has 0 radical (unpaired) electrons. The van der Waals surface area contributed by atoms with E-state index in [0.717, 1.165) is 65.2 Å². The Morgan fingerprint density at radius 1 is 1.00 bits per heavy atom. The molecule has 0 aromatic rings. The summed E-state index contributed by atoms with van der Waals surface area (Å²) in [6.07, 6.45) is 2.10. The number of hydrogen-bond donors (Lipinski definition) is 1. The third-order valence-corrected chi connectivity index (χ3v) is 6.02. The summed E-state index contributed by atoms with van der Waals surface area (Å²) in [6, 6.07) is 0. The number of likely N-dealkylation sites (N-methyl/N-ethyl adjacent to an activating group) is 1. The highest BCUT2D eigenvalue weighted by Gasteiger charge is 2.40. The molecule has 2 aliphatic heterocycles. The Labute approximate surface area is 155 Å². The van der Waals surface area contributed by atoms with Crippen LogP contribution in [-0.2, 0) is 4.79 Å². The number of carbonyl (C=O) groups is 1. The summed E-state index contributed by atoms with van der Waals surface area (Å²) in [5.74, 6) is 0.255. The summed E-state index contributed by atoms with van der Waals surface area (Å²) in [4.78, 5) is 20.1. The van der Waals surface area contributed by atoms with E-state index < -0.39 is 0 Å². The molecule has 0 spiro atoms. The molecule has 0 saturated carbocycles. The molecule has 0 aromatic carbocycles. The van der Waals surface area contributed by atoms with Crippen LogP contribution < -0.4 is 5.32 Å². The van der Waals surface area contributed by atoms with Gasteiger partial charge in [-0.3, -0.25) is 14.6 Å². The molecule has 2 rings (SSSR count). The van der Waals surface area contributed by atoms with Gasteiger partial charge in [-0.25, -0.2) is 0 Å². The standard InChI is InChI=1S/C20H40N4O/c1-7-22-12-14-23(15-13-22)16-20(21-18(25)17(2)3)8-10-24(11-9-20)19(4,5)6/h17H,7-16H2,1-6H3,(H,21,25). The van der Waals surface area contributed by atoms with Gasteiger partial charge in [0.15, 0.2) is 0 Å². The van der Waals surface area contributed by atoms with Gasteiger partial charge in [-0.1, -0.05) is 20.8 Å². The maximum Gasteiger partial charge on any atom is 0.223 e. The first-order chi connectivity index (χ1) is 11.6. The van der Waals surface area contributed by atoms with E-state index >= 15 is 0 Å². The van der Waals surface area contributed by atoms with E-state index in [1.165, 1.54) is 0 Å². The number of likely N-dealkylation sites (tertiary alicyclic amines) is 1. The number of nitrogens with one attached hydrogen (secondary N) is 1. The number of rotatable bonds is 5. The van der Waals surface area contributed by atoms with Gasteiger partial charge in [0.05, 0.1) is 5.54 Å². The molecule has 0 atom stereocenters. The van der Waals surface area contributed by atoms with Crippen LogP contribution in [0.3, 0.4) is 0 Å². The van der Waals surface area contributed by atoms with Crippen LogP contribution in [0.5, 0.6) is 0 Å². The van der Waals surface area contributed by atoms with Crippen LogP contribution in [0.1, 0.15) is 54.4 Å². The molecule has 0 bridgehead atoms. The predicted octanol–water partition coefficient (Wildman–Crippen LogP) is 2.03. The molecule has 2 fully saturated rings. The Morgan fingerprint density at radius 2 is 1.52 bits per heavy atom. The minimum atomic E-state index is -0.0580. The summed E-state index contributed by atoms with van der Waals surface area (Å²) < 4.78 is 0. The van der Waals surface area contributed by atoms with E-state index in [0.29, 0.717) is 0 Å². The van der Waals surface area contributed by atoms with Crippen molar-refractivity contribution in [3.05, 3.63) is 0 Å². The van der Waals surface area contributed by atoms with Crippen LogP contribution in [-0.4, -0.2) is 84.0 Å². The average molecular weight is 353 g/mol. The zero-order chi connectivity index (χ0) is 18.7. The van der Waals surface area contributed by atoms with E-state index in [4.69, 9.17) is 0 Å². The molecule has 2 saturated heterocycles. The quantitative estimate of drug-likeness (QED) is 0.822. The van der Waals surface area contributed by atoms with E-state index in [1.807, 2.05) is 13.8 Å². The first-order valence-corrected chi connectivity index (χ1v) is 10.2. The monoisotopic (exact) mass is 352 g/mol. The molecule has 146 valence electrons. The summed E-state index contributed by atoms with van der Waals surface area (Å²) in [5, 5.41) is 3.46. The second kappa shape index (κ2) is 8.36. The SMILES string of the molecule is CCN1CCN(CC2(NC(=O)C(C)C)CCN(C(C)(C)C)CC2)CC1. The number of piperazine rings is 1. The van der Waals surface area contributed by atoms with Crippen molar-refractivity contribution in [2.24, 2.45) is 5.92 Å². The normalized spacial score (nSPS) is 23.8. The molecule has 1 N–H and O–H groups in total. The van der Waals surface area contributed by atoms with Crippen LogP contribution in [0.2, 0.25) is 0 Å². The minimum Gasteiger partial charge on any atom is -0.349 e. The van der Waals surface area contributed by atoms with Crippen LogP contribution in [0.25, 0.3) is 0 Å². The van der Waals surface area contributed by atoms with Gasteiger partial charge in [0.1, 0.15) is 0 Å². The highest BCUT2D eigenvalue weighted by molar-refractivity contribution is 5.78.